The van der Waals surface area contributed by atoms with Gasteiger partial charge in [0, 0.05) is 31.1 Å². The molecule has 8 nitrogen and oxygen atoms in total. The fraction of sp³-hybridized carbons (Fsp3) is 0.111. The number of fused-ring (bicyclic) bond motifs is 1. The van der Waals surface area contributed by atoms with Crippen LogP contribution in [0.15, 0.2) is 53.7 Å². The number of aromatic nitrogens is 5. The third kappa shape index (κ3) is 2.88. The van der Waals surface area contributed by atoms with Gasteiger partial charge in [0.25, 0.3) is 5.56 Å². The molecule has 0 saturated heterocycles. The van der Waals surface area contributed by atoms with E-state index in [1.165, 1.54) is 24.5 Å². The van der Waals surface area contributed by atoms with E-state index in [0.717, 1.165) is 10.1 Å². The van der Waals surface area contributed by atoms with Crippen molar-refractivity contribution in [2.45, 2.75) is 6.92 Å². The van der Waals surface area contributed by atoms with Gasteiger partial charge in [0.15, 0.2) is 17.3 Å². The molecule has 2 N–H and O–H groups in total. The molecule has 0 aromatic carbocycles. The summed E-state index contributed by atoms with van der Waals surface area (Å²) in [5.74, 6) is 0.537. The highest BCUT2D eigenvalue weighted by atomic mass is 19.1. The van der Waals surface area contributed by atoms with E-state index in [-0.39, 0.29) is 11.5 Å². The molecule has 4 heterocycles. The Morgan fingerprint density at radius 1 is 1.22 bits per heavy atom. The SMILES string of the molecule is CNc1cc(Nc2cccn(-c3ncccc3F)c2=O)nc2c(C)cnn12. The van der Waals surface area contributed by atoms with Crippen molar-refractivity contribution in [3.63, 3.8) is 0 Å². The smallest absolute Gasteiger partial charge is 0.280 e. The zero-order valence-corrected chi connectivity index (χ0v) is 14.6. The Hall–Kier alpha value is -3.75. The van der Waals surface area contributed by atoms with Gasteiger partial charge in [-0.3, -0.25) is 9.36 Å². The van der Waals surface area contributed by atoms with Crippen molar-refractivity contribution in [1.29, 1.82) is 0 Å². The summed E-state index contributed by atoms with van der Waals surface area (Å²) >= 11 is 0. The Labute approximate surface area is 153 Å². The second-order valence-corrected chi connectivity index (χ2v) is 5.87. The number of halogens is 1. The van der Waals surface area contributed by atoms with Crippen molar-refractivity contribution < 1.29 is 4.39 Å². The van der Waals surface area contributed by atoms with Crippen molar-refractivity contribution in [1.82, 2.24) is 24.1 Å². The first-order chi connectivity index (χ1) is 13.1. The lowest BCUT2D eigenvalue weighted by Crippen LogP contribution is -2.22. The van der Waals surface area contributed by atoms with E-state index in [1.807, 2.05) is 6.92 Å². The number of hydrogen-bond donors (Lipinski definition) is 2. The molecule has 0 amide bonds. The van der Waals surface area contributed by atoms with Crippen LogP contribution in [0.5, 0.6) is 0 Å². The quantitative estimate of drug-likeness (QED) is 0.578. The largest absolute Gasteiger partial charge is 0.373 e. The second-order valence-electron chi connectivity index (χ2n) is 5.87. The first-order valence-corrected chi connectivity index (χ1v) is 8.21. The molecule has 0 aliphatic carbocycles. The minimum absolute atomic E-state index is 0.0582. The van der Waals surface area contributed by atoms with Crippen LogP contribution in [0.25, 0.3) is 11.5 Å². The zero-order valence-electron chi connectivity index (χ0n) is 14.6. The molecule has 4 rings (SSSR count). The molecule has 0 unspecified atom stereocenters. The summed E-state index contributed by atoms with van der Waals surface area (Å²) in [6, 6.07) is 7.70. The van der Waals surface area contributed by atoms with Crippen molar-refractivity contribution in [2.75, 3.05) is 17.7 Å². The molecule has 27 heavy (non-hydrogen) atoms. The van der Waals surface area contributed by atoms with E-state index >= 15 is 0 Å². The van der Waals surface area contributed by atoms with E-state index < -0.39 is 11.4 Å². The number of nitrogens with one attached hydrogen (secondary N) is 2. The Morgan fingerprint density at radius 2 is 2.07 bits per heavy atom. The normalized spacial score (nSPS) is 10.9. The summed E-state index contributed by atoms with van der Waals surface area (Å²) in [6.07, 6.45) is 4.62. The van der Waals surface area contributed by atoms with Gasteiger partial charge in [-0.1, -0.05) is 0 Å². The molecule has 4 aromatic rings. The van der Waals surface area contributed by atoms with Crippen molar-refractivity contribution in [3.05, 3.63) is 70.7 Å². The number of rotatable bonds is 4. The molecule has 9 heteroatoms. The van der Waals surface area contributed by atoms with Crippen LogP contribution in [0.3, 0.4) is 0 Å². The molecule has 0 atom stereocenters. The molecular formula is C18H16FN7O. The van der Waals surface area contributed by atoms with Gasteiger partial charge in [-0.05, 0) is 31.2 Å². The van der Waals surface area contributed by atoms with Crippen LogP contribution in [0.1, 0.15) is 5.56 Å². The number of aryl methyl sites for hydroxylation is 1. The Kier molecular flexibility index (Phi) is 4.03. The lowest BCUT2D eigenvalue weighted by molar-refractivity contribution is 0.607. The molecule has 0 aliphatic heterocycles. The number of pyridine rings is 2. The summed E-state index contributed by atoms with van der Waals surface area (Å²) in [5, 5.41) is 10.3. The van der Waals surface area contributed by atoms with Gasteiger partial charge in [0.2, 0.25) is 0 Å². The van der Waals surface area contributed by atoms with E-state index in [1.54, 1.807) is 36.0 Å². The molecule has 0 radical (unpaired) electrons. The average Bonchev–Trinajstić information content (AvgIpc) is 3.05. The summed E-state index contributed by atoms with van der Waals surface area (Å²) in [7, 11) is 1.77. The predicted molar refractivity (Wildman–Crippen MR) is 100 cm³/mol. The number of anilines is 3. The van der Waals surface area contributed by atoms with Crippen LogP contribution in [0.2, 0.25) is 0 Å². The van der Waals surface area contributed by atoms with E-state index in [0.29, 0.717) is 17.3 Å². The van der Waals surface area contributed by atoms with Crippen LogP contribution < -0.4 is 16.2 Å². The second kappa shape index (κ2) is 6.52. The van der Waals surface area contributed by atoms with Crippen LogP contribution in [-0.4, -0.2) is 31.2 Å². The van der Waals surface area contributed by atoms with Gasteiger partial charge in [0.05, 0.1) is 6.20 Å². The lowest BCUT2D eigenvalue weighted by Gasteiger charge is -2.11. The Bertz CT molecular complexity index is 1200. The summed E-state index contributed by atoms with van der Waals surface area (Å²) in [6.45, 7) is 1.90. The van der Waals surface area contributed by atoms with Crippen molar-refractivity contribution in [2.24, 2.45) is 0 Å². The van der Waals surface area contributed by atoms with Gasteiger partial charge < -0.3 is 10.6 Å². The van der Waals surface area contributed by atoms with Crippen molar-refractivity contribution >= 4 is 23.0 Å². The topological polar surface area (TPSA) is 89.1 Å². The fourth-order valence-electron chi connectivity index (χ4n) is 2.76. The van der Waals surface area contributed by atoms with Crippen molar-refractivity contribution in [3.8, 4) is 5.82 Å². The maximum absolute atomic E-state index is 14.0. The molecule has 4 aromatic heterocycles. The third-order valence-corrected chi connectivity index (χ3v) is 4.08. The molecule has 0 bridgehead atoms. The number of hydrogen-bond acceptors (Lipinski definition) is 6. The highest BCUT2D eigenvalue weighted by Gasteiger charge is 2.12. The zero-order chi connectivity index (χ0) is 19.0. The van der Waals surface area contributed by atoms with E-state index in [9.17, 15) is 9.18 Å². The van der Waals surface area contributed by atoms with E-state index in [4.69, 9.17) is 0 Å². The summed E-state index contributed by atoms with van der Waals surface area (Å²) < 4.78 is 16.8. The molecule has 0 aliphatic rings. The van der Waals surface area contributed by atoms with Crippen LogP contribution >= 0.6 is 0 Å². The van der Waals surface area contributed by atoms with Gasteiger partial charge in [-0.2, -0.15) is 9.61 Å². The first kappa shape index (κ1) is 16.7. The predicted octanol–water partition coefficient (Wildman–Crippen LogP) is 2.51. The maximum atomic E-state index is 14.0. The van der Waals surface area contributed by atoms with E-state index in [2.05, 4.69) is 25.7 Å². The minimum Gasteiger partial charge on any atom is -0.373 e. The average molecular weight is 365 g/mol. The standard InChI is InChI=1S/C18H16FN7O/c1-11-10-22-26-15(20-2)9-14(24-16(11)26)23-13-6-4-8-25(18(13)27)17-12(19)5-3-7-21-17/h3-10,20H,1-2H3,(H,23,24). The van der Waals surface area contributed by atoms with Crippen LogP contribution in [0, 0.1) is 12.7 Å². The highest BCUT2D eigenvalue weighted by Crippen LogP contribution is 2.20. The van der Waals surface area contributed by atoms with Gasteiger partial charge in [0.1, 0.15) is 17.3 Å². The number of nitrogens with zero attached hydrogens (tertiary/aromatic N) is 5. The monoisotopic (exact) mass is 365 g/mol. The van der Waals surface area contributed by atoms with Gasteiger partial charge in [-0.25, -0.2) is 14.4 Å². The van der Waals surface area contributed by atoms with Crippen LogP contribution in [-0.2, 0) is 0 Å². The summed E-state index contributed by atoms with van der Waals surface area (Å²) in [4.78, 5) is 21.3. The molecule has 0 fully saturated rings. The molecular weight excluding hydrogens is 349 g/mol. The molecule has 0 spiro atoms. The maximum Gasteiger partial charge on any atom is 0.280 e. The molecule has 0 saturated carbocycles. The third-order valence-electron chi connectivity index (χ3n) is 4.08. The Morgan fingerprint density at radius 3 is 2.85 bits per heavy atom. The minimum atomic E-state index is -0.580. The molecule has 136 valence electrons. The summed E-state index contributed by atoms with van der Waals surface area (Å²) in [5.41, 5.74) is 1.37. The van der Waals surface area contributed by atoms with Gasteiger partial charge >= 0.3 is 0 Å². The first-order valence-electron chi connectivity index (χ1n) is 8.21. The Balaban J connectivity index is 1.79. The van der Waals surface area contributed by atoms with Crippen LogP contribution in [0.4, 0.5) is 21.7 Å². The fourth-order valence-corrected chi connectivity index (χ4v) is 2.76. The highest BCUT2D eigenvalue weighted by molar-refractivity contribution is 5.64. The lowest BCUT2D eigenvalue weighted by atomic mass is 10.3. The van der Waals surface area contributed by atoms with Gasteiger partial charge in [-0.15, -0.1) is 0 Å².